The number of amides is 1. The van der Waals surface area contributed by atoms with E-state index in [1.165, 1.54) is 13.3 Å². The maximum absolute atomic E-state index is 12.5. The van der Waals surface area contributed by atoms with E-state index in [-0.39, 0.29) is 12.5 Å². The fourth-order valence-corrected chi connectivity index (χ4v) is 3.53. The number of carbonyl (C=O) groups excluding carboxylic acids is 1. The first-order valence-corrected chi connectivity index (χ1v) is 11.0. The summed E-state index contributed by atoms with van der Waals surface area (Å²) >= 11 is 12.4. The smallest absolute Gasteiger partial charge is 0.275 e. The molecule has 33 heavy (non-hydrogen) atoms. The highest BCUT2D eigenvalue weighted by molar-refractivity contribution is 6.35. The van der Waals surface area contributed by atoms with Crippen LogP contribution in [-0.4, -0.2) is 25.8 Å². The van der Waals surface area contributed by atoms with Crippen molar-refractivity contribution in [2.75, 3.05) is 13.7 Å². The van der Waals surface area contributed by atoms with Crippen LogP contribution >= 0.6 is 23.2 Å². The minimum absolute atomic E-state index is 0.195. The third kappa shape index (κ3) is 6.40. The van der Waals surface area contributed by atoms with E-state index in [4.69, 9.17) is 37.4 Å². The van der Waals surface area contributed by atoms with Gasteiger partial charge in [-0.2, -0.15) is 5.10 Å². The summed E-state index contributed by atoms with van der Waals surface area (Å²) < 4.78 is 16.9. The quantitative estimate of drug-likeness (QED) is 0.295. The Hall–Kier alpha value is -3.22. The van der Waals surface area contributed by atoms with Gasteiger partial charge in [0, 0.05) is 15.6 Å². The number of aryl methyl sites for hydroxylation is 1. The molecule has 0 aliphatic heterocycles. The molecular weight excluding hydrogens is 463 g/mol. The van der Waals surface area contributed by atoms with Crippen LogP contribution in [0, 0.1) is 6.92 Å². The molecule has 0 heterocycles. The average molecular weight is 487 g/mol. The van der Waals surface area contributed by atoms with Crippen LogP contribution in [-0.2, 0) is 6.61 Å². The van der Waals surface area contributed by atoms with Crippen molar-refractivity contribution in [3.8, 4) is 17.2 Å². The van der Waals surface area contributed by atoms with Crippen LogP contribution in [0.4, 0.5) is 0 Å². The molecule has 0 bridgehead atoms. The number of methoxy groups -OCH3 is 1. The number of ether oxygens (including phenoxy) is 3. The molecule has 0 radical (unpaired) electrons. The lowest BCUT2D eigenvalue weighted by atomic mass is 10.1. The van der Waals surface area contributed by atoms with Crippen LogP contribution in [0.1, 0.15) is 34.0 Å². The van der Waals surface area contributed by atoms with Gasteiger partial charge in [-0.25, -0.2) is 5.43 Å². The zero-order valence-electron chi connectivity index (χ0n) is 18.5. The molecule has 0 aromatic heterocycles. The van der Waals surface area contributed by atoms with Gasteiger partial charge in [-0.3, -0.25) is 4.79 Å². The molecule has 0 atom stereocenters. The second-order valence-electron chi connectivity index (χ2n) is 7.03. The molecule has 3 rings (SSSR count). The zero-order valence-corrected chi connectivity index (χ0v) is 20.0. The molecule has 0 fully saturated rings. The van der Waals surface area contributed by atoms with E-state index >= 15 is 0 Å². The van der Waals surface area contributed by atoms with Crippen molar-refractivity contribution in [3.63, 3.8) is 0 Å². The van der Waals surface area contributed by atoms with Gasteiger partial charge in [-0.1, -0.05) is 35.3 Å². The Labute approximate surface area is 203 Å². The fraction of sp³-hybridized carbons (Fsp3) is 0.200. The molecule has 8 heteroatoms. The predicted octanol–water partition coefficient (Wildman–Crippen LogP) is 6.05. The van der Waals surface area contributed by atoms with Crippen LogP contribution in [0.3, 0.4) is 0 Å². The van der Waals surface area contributed by atoms with E-state index in [9.17, 15) is 4.79 Å². The second-order valence-corrected chi connectivity index (χ2v) is 7.85. The number of rotatable bonds is 9. The molecule has 1 N–H and O–H groups in total. The van der Waals surface area contributed by atoms with E-state index in [0.717, 1.165) is 11.1 Å². The molecule has 0 aliphatic carbocycles. The van der Waals surface area contributed by atoms with Gasteiger partial charge in [0.25, 0.3) is 5.91 Å². The SMILES string of the molecule is CCOc1cc(/C=N\NC(=O)c2ccc(C)cc2OC)ccc1OCc1c(Cl)cccc1Cl. The normalized spacial score (nSPS) is 10.8. The van der Waals surface area contributed by atoms with Gasteiger partial charge in [-0.15, -0.1) is 0 Å². The summed E-state index contributed by atoms with van der Waals surface area (Å²) in [4.78, 5) is 12.5. The minimum Gasteiger partial charge on any atom is -0.496 e. The molecule has 0 spiro atoms. The Morgan fingerprint density at radius 1 is 1.00 bits per heavy atom. The molecule has 0 saturated heterocycles. The molecule has 0 unspecified atom stereocenters. The van der Waals surface area contributed by atoms with E-state index in [1.807, 2.05) is 19.9 Å². The van der Waals surface area contributed by atoms with Crippen LogP contribution in [0.15, 0.2) is 59.7 Å². The van der Waals surface area contributed by atoms with Crippen LogP contribution in [0.5, 0.6) is 17.2 Å². The minimum atomic E-state index is -0.371. The fourth-order valence-electron chi connectivity index (χ4n) is 3.02. The Kier molecular flexibility index (Phi) is 8.58. The first kappa shape index (κ1) is 24.4. The largest absolute Gasteiger partial charge is 0.496 e. The highest BCUT2D eigenvalue weighted by Gasteiger charge is 2.12. The van der Waals surface area contributed by atoms with Crippen molar-refractivity contribution < 1.29 is 19.0 Å². The number of benzene rings is 3. The van der Waals surface area contributed by atoms with Gasteiger partial charge in [0.2, 0.25) is 0 Å². The summed E-state index contributed by atoms with van der Waals surface area (Å²) in [6.45, 7) is 4.45. The van der Waals surface area contributed by atoms with Crippen molar-refractivity contribution in [2.24, 2.45) is 5.10 Å². The number of hydrogen-bond acceptors (Lipinski definition) is 5. The van der Waals surface area contributed by atoms with Gasteiger partial charge in [0.05, 0.1) is 25.5 Å². The summed E-state index contributed by atoms with van der Waals surface area (Å²) in [5.74, 6) is 1.20. The van der Waals surface area contributed by atoms with E-state index < -0.39 is 0 Å². The number of carbonyl (C=O) groups is 1. The highest BCUT2D eigenvalue weighted by Crippen LogP contribution is 2.31. The van der Waals surface area contributed by atoms with Gasteiger partial charge in [0.1, 0.15) is 12.4 Å². The molecule has 0 aliphatic rings. The lowest BCUT2D eigenvalue weighted by Crippen LogP contribution is -2.18. The molecule has 0 saturated carbocycles. The monoisotopic (exact) mass is 486 g/mol. The van der Waals surface area contributed by atoms with E-state index in [1.54, 1.807) is 48.5 Å². The van der Waals surface area contributed by atoms with Crippen molar-refractivity contribution in [1.29, 1.82) is 0 Å². The summed E-state index contributed by atoms with van der Waals surface area (Å²) in [5.41, 5.74) is 5.33. The summed E-state index contributed by atoms with van der Waals surface area (Å²) in [6, 6.07) is 16.0. The van der Waals surface area contributed by atoms with Crippen LogP contribution in [0.25, 0.3) is 0 Å². The third-order valence-electron chi connectivity index (χ3n) is 4.68. The average Bonchev–Trinajstić information content (AvgIpc) is 2.79. The van der Waals surface area contributed by atoms with Gasteiger partial charge in [0.15, 0.2) is 11.5 Å². The Balaban J connectivity index is 1.71. The predicted molar refractivity (Wildman–Crippen MR) is 131 cm³/mol. The third-order valence-corrected chi connectivity index (χ3v) is 5.39. The molecular formula is C25H24Cl2N2O4. The van der Waals surface area contributed by atoms with E-state index in [0.29, 0.717) is 45.0 Å². The second kappa shape index (κ2) is 11.6. The number of hydrazone groups is 1. The summed E-state index contributed by atoms with van der Waals surface area (Å²) in [7, 11) is 1.52. The standard InChI is InChI=1S/C25H24Cl2N2O4/c1-4-32-24-13-17(9-11-22(24)33-15-19-20(26)6-5-7-21(19)27)14-28-29-25(30)18-10-8-16(2)12-23(18)31-3/h5-14H,4,15H2,1-3H3,(H,29,30)/b28-14-. The maximum Gasteiger partial charge on any atom is 0.275 e. The summed E-state index contributed by atoms with van der Waals surface area (Å²) in [6.07, 6.45) is 1.52. The van der Waals surface area contributed by atoms with Crippen LogP contribution < -0.4 is 19.6 Å². The van der Waals surface area contributed by atoms with Gasteiger partial charge < -0.3 is 14.2 Å². The lowest BCUT2D eigenvalue weighted by molar-refractivity contribution is 0.0952. The first-order chi connectivity index (χ1) is 15.9. The number of nitrogens with zero attached hydrogens (tertiary/aromatic N) is 1. The summed E-state index contributed by atoms with van der Waals surface area (Å²) in [5, 5.41) is 5.12. The molecule has 172 valence electrons. The van der Waals surface area contributed by atoms with Crippen molar-refractivity contribution >= 4 is 35.3 Å². The molecule has 3 aromatic carbocycles. The maximum atomic E-state index is 12.5. The number of halogens is 2. The zero-order chi connectivity index (χ0) is 23.8. The van der Waals surface area contributed by atoms with Crippen molar-refractivity contribution in [1.82, 2.24) is 5.43 Å². The van der Waals surface area contributed by atoms with Gasteiger partial charge in [-0.05, 0) is 67.4 Å². The topological polar surface area (TPSA) is 69.2 Å². The van der Waals surface area contributed by atoms with E-state index in [2.05, 4.69) is 10.5 Å². The van der Waals surface area contributed by atoms with Crippen LogP contribution in [0.2, 0.25) is 10.0 Å². The lowest BCUT2D eigenvalue weighted by Gasteiger charge is -2.14. The molecule has 1 amide bonds. The molecule has 3 aromatic rings. The van der Waals surface area contributed by atoms with Crippen molar-refractivity contribution in [2.45, 2.75) is 20.5 Å². The van der Waals surface area contributed by atoms with Crippen molar-refractivity contribution in [3.05, 3.63) is 86.9 Å². The molecule has 6 nitrogen and oxygen atoms in total. The first-order valence-electron chi connectivity index (χ1n) is 10.2. The Morgan fingerprint density at radius 3 is 2.45 bits per heavy atom. The number of hydrogen-bond donors (Lipinski definition) is 1. The van der Waals surface area contributed by atoms with Gasteiger partial charge >= 0.3 is 0 Å². The highest BCUT2D eigenvalue weighted by atomic mass is 35.5. The Morgan fingerprint density at radius 2 is 1.76 bits per heavy atom. The Bertz CT molecular complexity index is 1140. The number of nitrogens with one attached hydrogen (secondary N) is 1.